The van der Waals surface area contributed by atoms with Crippen LogP contribution in [0.1, 0.15) is 18.4 Å². The summed E-state index contributed by atoms with van der Waals surface area (Å²) in [4.78, 5) is 19.0. The maximum atomic E-state index is 13.4. The topological polar surface area (TPSA) is 81.5 Å². The largest absolute Gasteiger partial charge is 0.381 e. The average Bonchev–Trinajstić information content (AvgIpc) is 3.08. The van der Waals surface area contributed by atoms with Gasteiger partial charge in [0.2, 0.25) is 20.9 Å². The smallest absolute Gasteiger partial charge is 0.233 e. The van der Waals surface area contributed by atoms with Crippen molar-refractivity contribution in [1.82, 2.24) is 14.5 Å². The lowest BCUT2D eigenvalue weighted by molar-refractivity contribution is -0.144. The van der Waals surface area contributed by atoms with Crippen molar-refractivity contribution in [2.75, 3.05) is 26.3 Å². The van der Waals surface area contributed by atoms with Crippen LogP contribution >= 0.6 is 0 Å². The predicted octanol–water partition coefficient (Wildman–Crippen LogP) is 1.15. The molecule has 2 saturated heterocycles. The Morgan fingerprint density at radius 2 is 1.85 bits per heavy atom. The number of aryl methyl sites for hydroxylation is 1. The molecule has 2 fully saturated rings. The molecule has 1 amide bonds. The second kappa shape index (κ2) is 6.76. The number of carbonyl (C=O) groups excluding carboxylic acids is 1. The first-order valence-corrected chi connectivity index (χ1v) is 10.6. The Kier molecular flexibility index (Phi) is 4.55. The van der Waals surface area contributed by atoms with Crippen molar-refractivity contribution in [3.63, 3.8) is 0 Å². The number of nitrogens with zero attached hydrogens (tertiary/aromatic N) is 3. The first kappa shape index (κ1) is 18.2. The summed E-state index contributed by atoms with van der Waals surface area (Å²) in [5.41, 5.74) is 0.353. The van der Waals surface area contributed by atoms with Gasteiger partial charge in [0.15, 0.2) is 0 Å². The Balaban J connectivity index is 1.54. The van der Waals surface area contributed by atoms with Crippen LogP contribution < -0.4 is 0 Å². The number of hydrogen-bond acceptors (Lipinski definition) is 5. The fourth-order valence-electron chi connectivity index (χ4n) is 3.98. The van der Waals surface area contributed by atoms with Crippen molar-refractivity contribution in [2.24, 2.45) is 7.05 Å². The Morgan fingerprint density at radius 3 is 2.44 bits per heavy atom. The molecule has 0 N–H and O–H groups in total. The molecular weight excluding hydrogens is 366 g/mol. The fraction of sp³-hybridized carbons (Fsp3) is 0.474. The molecule has 1 aromatic carbocycles. The van der Waals surface area contributed by atoms with Crippen molar-refractivity contribution in [2.45, 2.75) is 28.7 Å². The molecule has 7 nitrogen and oxygen atoms in total. The van der Waals surface area contributed by atoms with Crippen LogP contribution in [0.3, 0.4) is 0 Å². The third-order valence-electron chi connectivity index (χ3n) is 5.69. The van der Waals surface area contributed by atoms with Crippen LogP contribution in [0.15, 0.2) is 47.9 Å². The van der Waals surface area contributed by atoms with Crippen LogP contribution in [-0.4, -0.2) is 60.3 Å². The van der Waals surface area contributed by atoms with Gasteiger partial charge in [0.05, 0.1) is 5.41 Å². The standard InChI is InChI=1S/C19H23N3O4S/c1-21-10-9-20-18(21)27(24,25)16-13-22(14-16)17(23)19(7-11-26-12-8-19)15-5-3-2-4-6-15/h2-6,9-10,16H,7-8,11-14H2,1H3. The van der Waals surface area contributed by atoms with Crippen molar-refractivity contribution >= 4 is 15.7 Å². The second-order valence-electron chi connectivity index (χ2n) is 7.26. The van der Waals surface area contributed by atoms with Gasteiger partial charge in [-0.25, -0.2) is 13.4 Å². The van der Waals surface area contributed by atoms with E-state index in [-0.39, 0.29) is 24.2 Å². The molecule has 0 aliphatic carbocycles. The van der Waals surface area contributed by atoms with E-state index in [9.17, 15) is 13.2 Å². The van der Waals surface area contributed by atoms with E-state index < -0.39 is 20.5 Å². The highest BCUT2D eigenvalue weighted by atomic mass is 32.2. The highest BCUT2D eigenvalue weighted by Gasteiger charge is 2.50. The SMILES string of the molecule is Cn1ccnc1S(=O)(=O)C1CN(C(=O)C2(c3ccccc3)CCOCC2)C1. The summed E-state index contributed by atoms with van der Waals surface area (Å²) in [5, 5.41) is -0.543. The number of ether oxygens (including phenoxy) is 1. The Bertz CT molecular complexity index is 927. The predicted molar refractivity (Wildman–Crippen MR) is 98.9 cm³/mol. The van der Waals surface area contributed by atoms with Gasteiger partial charge in [-0.15, -0.1) is 0 Å². The summed E-state index contributed by atoms with van der Waals surface area (Å²) in [6.07, 6.45) is 4.31. The summed E-state index contributed by atoms with van der Waals surface area (Å²) < 4.78 is 32.5. The van der Waals surface area contributed by atoms with Crippen LogP contribution in [0.25, 0.3) is 0 Å². The Labute approximate surface area is 158 Å². The third kappa shape index (κ3) is 2.96. The lowest BCUT2D eigenvalue weighted by atomic mass is 9.72. The highest BCUT2D eigenvalue weighted by molar-refractivity contribution is 7.92. The van der Waals surface area contributed by atoms with Gasteiger partial charge in [0.25, 0.3) is 0 Å². The zero-order chi connectivity index (χ0) is 19.1. The molecule has 0 radical (unpaired) electrons. The number of rotatable bonds is 4. The first-order valence-electron chi connectivity index (χ1n) is 9.09. The van der Waals surface area contributed by atoms with Crippen LogP contribution in [0.2, 0.25) is 0 Å². The van der Waals surface area contributed by atoms with E-state index in [0.29, 0.717) is 26.1 Å². The zero-order valence-electron chi connectivity index (χ0n) is 15.2. The van der Waals surface area contributed by atoms with Gasteiger partial charge in [0, 0.05) is 45.7 Å². The van der Waals surface area contributed by atoms with E-state index in [0.717, 1.165) is 5.56 Å². The van der Waals surface area contributed by atoms with E-state index in [4.69, 9.17) is 4.74 Å². The summed E-state index contributed by atoms with van der Waals surface area (Å²) in [6, 6.07) is 9.75. The minimum atomic E-state index is -3.54. The molecule has 2 aliphatic rings. The van der Waals surface area contributed by atoms with Crippen LogP contribution in [0.4, 0.5) is 0 Å². The molecule has 0 bridgehead atoms. The molecule has 8 heteroatoms. The quantitative estimate of drug-likeness (QED) is 0.784. The van der Waals surface area contributed by atoms with E-state index in [1.807, 2.05) is 30.3 Å². The third-order valence-corrected chi connectivity index (χ3v) is 7.77. The normalized spacial score (nSPS) is 20.3. The molecule has 0 saturated carbocycles. The molecule has 0 atom stereocenters. The maximum Gasteiger partial charge on any atom is 0.233 e. The first-order chi connectivity index (χ1) is 12.9. The molecule has 3 heterocycles. The molecule has 2 aromatic rings. The second-order valence-corrected chi connectivity index (χ2v) is 9.38. The van der Waals surface area contributed by atoms with Crippen LogP contribution in [-0.2, 0) is 31.8 Å². The molecular formula is C19H23N3O4S. The van der Waals surface area contributed by atoms with Gasteiger partial charge in [-0.05, 0) is 18.4 Å². The lowest BCUT2D eigenvalue weighted by Gasteiger charge is -2.46. The lowest BCUT2D eigenvalue weighted by Crippen LogP contribution is -2.62. The van der Waals surface area contributed by atoms with E-state index >= 15 is 0 Å². The van der Waals surface area contributed by atoms with Gasteiger partial charge in [-0.2, -0.15) is 0 Å². The molecule has 144 valence electrons. The van der Waals surface area contributed by atoms with E-state index in [2.05, 4.69) is 4.98 Å². The molecule has 4 rings (SSSR count). The number of likely N-dealkylation sites (tertiary alicyclic amines) is 1. The van der Waals surface area contributed by atoms with Crippen molar-refractivity contribution in [1.29, 1.82) is 0 Å². The van der Waals surface area contributed by atoms with Gasteiger partial charge in [-0.1, -0.05) is 30.3 Å². The Morgan fingerprint density at radius 1 is 1.19 bits per heavy atom. The van der Waals surface area contributed by atoms with E-state index in [1.54, 1.807) is 18.1 Å². The van der Waals surface area contributed by atoms with Gasteiger partial charge >= 0.3 is 0 Å². The van der Waals surface area contributed by atoms with Gasteiger partial charge in [0.1, 0.15) is 5.25 Å². The van der Waals surface area contributed by atoms with Crippen molar-refractivity contribution in [3.8, 4) is 0 Å². The molecule has 27 heavy (non-hydrogen) atoms. The number of amides is 1. The highest BCUT2D eigenvalue weighted by Crippen LogP contribution is 2.38. The number of imidazole rings is 1. The number of benzene rings is 1. The monoisotopic (exact) mass is 389 g/mol. The number of aromatic nitrogens is 2. The number of carbonyl (C=O) groups is 1. The Hall–Kier alpha value is -2.19. The minimum absolute atomic E-state index is 0.00305. The summed E-state index contributed by atoms with van der Waals surface area (Å²) in [6.45, 7) is 1.49. The summed E-state index contributed by atoms with van der Waals surface area (Å²) in [7, 11) is -1.88. The molecule has 0 unspecified atom stereocenters. The summed E-state index contributed by atoms with van der Waals surface area (Å²) in [5.74, 6) is 0.00305. The number of sulfone groups is 1. The zero-order valence-corrected chi connectivity index (χ0v) is 16.1. The van der Waals surface area contributed by atoms with E-state index in [1.165, 1.54) is 10.8 Å². The van der Waals surface area contributed by atoms with Crippen molar-refractivity contribution in [3.05, 3.63) is 48.3 Å². The van der Waals surface area contributed by atoms with Gasteiger partial charge in [-0.3, -0.25) is 4.79 Å². The number of hydrogen-bond donors (Lipinski definition) is 0. The maximum absolute atomic E-state index is 13.4. The molecule has 1 aromatic heterocycles. The van der Waals surface area contributed by atoms with Crippen molar-refractivity contribution < 1.29 is 17.9 Å². The van der Waals surface area contributed by atoms with Gasteiger partial charge < -0.3 is 14.2 Å². The summed E-state index contributed by atoms with van der Waals surface area (Å²) >= 11 is 0. The molecule has 2 aliphatic heterocycles. The molecule has 0 spiro atoms. The van der Waals surface area contributed by atoms with Crippen LogP contribution in [0, 0.1) is 0 Å². The fourth-order valence-corrected chi connectivity index (χ4v) is 5.70. The van der Waals surface area contributed by atoms with Crippen LogP contribution in [0.5, 0.6) is 0 Å². The average molecular weight is 389 g/mol. The minimum Gasteiger partial charge on any atom is -0.381 e.